The van der Waals surface area contributed by atoms with E-state index in [0.29, 0.717) is 43.1 Å². The van der Waals surface area contributed by atoms with Crippen LogP contribution in [-0.4, -0.2) is 46.5 Å². The van der Waals surface area contributed by atoms with E-state index in [4.69, 9.17) is 4.74 Å². The number of aromatic amines is 1. The van der Waals surface area contributed by atoms with E-state index in [1.807, 2.05) is 24.3 Å². The third-order valence-electron chi connectivity index (χ3n) is 5.12. The van der Waals surface area contributed by atoms with Crippen molar-refractivity contribution >= 4 is 11.4 Å². The molecular weight excluding hydrogens is 346 g/mol. The normalized spacial score (nSPS) is 16.3. The summed E-state index contributed by atoms with van der Waals surface area (Å²) in [6.45, 7) is 0.864. The first-order valence-electron chi connectivity index (χ1n) is 8.95. The van der Waals surface area contributed by atoms with Crippen LogP contribution in [0.2, 0.25) is 0 Å². The molecule has 1 aliphatic rings. The quantitative estimate of drug-likeness (QED) is 0.523. The number of carbonyl (C=O) groups is 1. The summed E-state index contributed by atoms with van der Waals surface area (Å²) in [5.74, 6) is 0.158. The largest absolute Gasteiger partial charge is 0.507 e. The van der Waals surface area contributed by atoms with Gasteiger partial charge in [-0.2, -0.15) is 4.40 Å². The third kappa shape index (κ3) is 3.15. The maximum atomic E-state index is 13.0. The van der Waals surface area contributed by atoms with Gasteiger partial charge in [0.05, 0.1) is 23.9 Å². The number of hydrogen-bond acceptors (Lipinski definition) is 4. The molecule has 7 nitrogen and oxygen atoms in total. The fourth-order valence-electron chi connectivity index (χ4n) is 3.53. The maximum Gasteiger partial charge on any atom is 0.351 e. The van der Waals surface area contributed by atoms with Crippen LogP contribution in [0.4, 0.5) is 0 Å². The zero-order chi connectivity index (χ0) is 18.9. The van der Waals surface area contributed by atoms with Crippen molar-refractivity contribution in [3.8, 4) is 17.0 Å². The van der Waals surface area contributed by atoms with Gasteiger partial charge in [0, 0.05) is 13.2 Å². The van der Waals surface area contributed by atoms with Crippen LogP contribution in [0, 0.1) is 0 Å². The molecule has 7 heteroatoms. The van der Waals surface area contributed by atoms with E-state index < -0.39 is 5.54 Å². The Morgan fingerprint density at radius 3 is 2.67 bits per heavy atom. The first kappa shape index (κ1) is 17.5. The second-order valence-electron chi connectivity index (χ2n) is 6.83. The molecule has 2 aromatic heterocycles. The summed E-state index contributed by atoms with van der Waals surface area (Å²) in [6.07, 6.45) is 2.91. The fourth-order valence-corrected chi connectivity index (χ4v) is 3.53. The van der Waals surface area contributed by atoms with Gasteiger partial charge in [-0.3, -0.25) is 4.79 Å². The van der Waals surface area contributed by atoms with Crippen molar-refractivity contribution in [2.75, 3.05) is 19.8 Å². The van der Waals surface area contributed by atoms with Gasteiger partial charge in [0.2, 0.25) is 0 Å². The second kappa shape index (κ2) is 7.02. The lowest BCUT2D eigenvalue weighted by Crippen LogP contribution is -2.55. The van der Waals surface area contributed by atoms with Crippen LogP contribution in [0.3, 0.4) is 0 Å². The molecule has 27 heavy (non-hydrogen) atoms. The number of aliphatic hydroxyl groups excluding tert-OH is 1. The number of aliphatic hydroxyl groups is 1. The Kier molecular flexibility index (Phi) is 4.55. The van der Waals surface area contributed by atoms with E-state index >= 15 is 0 Å². The minimum atomic E-state index is -0.683. The molecule has 0 bridgehead atoms. The molecule has 0 saturated carbocycles. The standard InChI is InChI=1S/C20H21N3O4/c24-13-20(8-11-27-12-9-20)22-19(26)18-21-17(14-5-1-2-7-16(14)25)15-6-3-4-10-23(15)18/h1-7,10,24H,8-9,11-13H2,(H2,22,25,26)/p+1. The highest BCUT2D eigenvalue weighted by molar-refractivity contribution is 5.92. The van der Waals surface area contributed by atoms with Gasteiger partial charge in [-0.05, 0) is 37.1 Å². The zero-order valence-corrected chi connectivity index (χ0v) is 14.8. The first-order chi connectivity index (χ1) is 13.1. The average molecular weight is 368 g/mol. The Morgan fingerprint density at radius 1 is 1.19 bits per heavy atom. The zero-order valence-electron chi connectivity index (χ0n) is 14.8. The molecule has 1 saturated heterocycles. The number of aromatic hydroxyl groups is 1. The van der Waals surface area contributed by atoms with Gasteiger partial charge in [-0.1, -0.05) is 18.2 Å². The summed E-state index contributed by atoms with van der Waals surface area (Å²) >= 11 is 0. The number of benzene rings is 1. The van der Waals surface area contributed by atoms with Gasteiger partial charge in [-0.15, -0.1) is 0 Å². The number of H-pyrrole nitrogens is 1. The molecule has 3 aromatic rings. The Labute approximate surface area is 156 Å². The number of carbonyl (C=O) groups excluding carboxylic acids is 1. The van der Waals surface area contributed by atoms with Crippen LogP contribution in [0.5, 0.6) is 5.75 Å². The van der Waals surface area contributed by atoms with Gasteiger partial charge in [0.25, 0.3) is 0 Å². The van der Waals surface area contributed by atoms with Gasteiger partial charge in [0.1, 0.15) is 5.75 Å². The van der Waals surface area contributed by atoms with Crippen LogP contribution in [0.1, 0.15) is 23.5 Å². The molecule has 4 N–H and O–H groups in total. The van der Waals surface area contributed by atoms with Crippen molar-refractivity contribution in [1.29, 1.82) is 0 Å². The topological polar surface area (TPSA) is 98.7 Å². The number of phenols is 1. The van der Waals surface area contributed by atoms with Gasteiger partial charge >= 0.3 is 11.7 Å². The molecule has 4 rings (SSSR count). The van der Waals surface area contributed by atoms with Crippen LogP contribution in [0.15, 0.2) is 48.7 Å². The molecule has 1 fully saturated rings. The lowest BCUT2D eigenvalue weighted by atomic mass is 9.91. The lowest BCUT2D eigenvalue weighted by molar-refractivity contribution is -0.514. The molecule has 1 aliphatic heterocycles. The third-order valence-corrected chi connectivity index (χ3v) is 5.12. The Balaban J connectivity index is 1.76. The predicted octanol–water partition coefficient (Wildman–Crippen LogP) is 1.40. The molecule has 0 atom stereocenters. The van der Waals surface area contributed by atoms with E-state index in [9.17, 15) is 15.0 Å². The number of nitrogens with one attached hydrogen (secondary N) is 2. The molecule has 0 unspecified atom stereocenters. The smallest absolute Gasteiger partial charge is 0.351 e. The van der Waals surface area contributed by atoms with E-state index in [-0.39, 0.29) is 18.3 Å². The van der Waals surface area contributed by atoms with E-state index in [1.54, 1.807) is 28.8 Å². The number of rotatable bonds is 4. The van der Waals surface area contributed by atoms with Gasteiger partial charge in [0.15, 0.2) is 11.2 Å². The number of aromatic nitrogens is 2. The highest BCUT2D eigenvalue weighted by atomic mass is 16.5. The summed E-state index contributed by atoms with van der Waals surface area (Å²) in [5.41, 5.74) is 1.36. The number of fused-ring (bicyclic) bond motifs is 1. The molecule has 0 spiro atoms. The number of hydrogen-bond donors (Lipinski definition) is 4. The molecule has 1 aromatic carbocycles. The number of imidazole rings is 1. The Bertz CT molecular complexity index is 976. The van der Waals surface area contributed by atoms with Crippen molar-refractivity contribution in [1.82, 2.24) is 10.3 Å². The second-order valence-corrected chi connectivity index (χ2v) is 6.83. The molecule has 140 valence electrons. The monoisotopic (exact) mass is 368 g/mol. The number of para-hydroxylation sites is 1. The van der Waals surface area contributed by atoms with Crippen molar-refractivity contribution in [3.05, 3.63) is 54.5 Å². The number of nitrogens with zero attached hydrogens (tertiary/aromatic N) is 1. The van der Waals surface area contributed by atoms with Gasteiger partial charge < -0.3 is 20.3 Å². The van der Waals surface area contributed by atoms with Crippen molar-refractivity contribution in [2.45, 2.75) is 18.4 Å². The van der Waals surface area contributed by atoms with Crippen LogP contribution in [-0.2, 0) is 4.74 Å². The Morgan fingerprint density at radius 2 is 1.93 bits per heavy atom. The molecule has 1 amide bonds. The van der Waals surface area contributed by atoms with Gasteiger partial charge in [-0.25, -0.2) is 4.98 Å². The average Bonchev–Trinajstić information content (AvgIpc) is 3.09. The number of pyridine rings is 1. The maximum absolute atomic E-state index is 13.0. The lowest BCUT2D eigenvalue weighted by Gasteiger charge is -2.35. The molecule has 0 aliphatic carbocycles. The Hall–Kier alpha value is -2.90. The summed E-state index contributed by atoms with van der Waals surface area (Å²) in [5, 5.41) is 23.1. The number of phenolic OH excluding ortho intramolecular Hbond substituents is 1. The van der Waals surface area contributed by atoms with E-state index in [2.05, 4.69) is 10.3 Å². The first-order valence-corrected chi connectivity index (χ1v) is 8.95. The highest BCUT2D eigenvalue weighted by Crippen LogP contribution is 2.30. The summed E-state index contributed by atoms with van der Waals surface area (Å²) in [6, 6.07) is 12.6. The minimum absolute atomic E-state index is 0.133. The molecular formula is C20H22N3O4+. The van der Waals surface area contributed by atoms with Crippen LogP contribution < -0.4 is 9.72 Å². The molecule has 3 heterocycles. The van der Waals surface area contributed by atoms with Crippen molar-refractivity contribution in [3.63, 3.8) is 0 Å². The van der Waals surface area contributed by atoms with E-state index in [1.165, 1.54) is 0 Å². The van der Waals surface area contributed by atoms with Crippen LogP contribution >= 0.6 is 0 Å². The SMILES string of the molecule is O=C(NC1(CO)CCOCC1)c1[nH]c(-c2ccccc2O)c2cccc[n+]12. The molecule has 0 radical (unpaired) electrons. The summed E-state index contributed by atoms with van der Waals surface area (Å²) in [4.78, 5) is 16.2. The van der Waals surface area contributed by atoms with Crippen LogP contribution in [0.25, 0.3) is 16.8 Å². The highest BCUT2D eigenvalue weighted by Gasteiger charge is 2.37. The van der Waals surface area contributed by atoms with Crippen molar-refractivity contribution < 1.29 is 24.1 Å². The number of amides is 1. The minimum Gasteiger partial charge on any atom is -0.507 e. The summed E-state index contributed by atoms with van der Waals surface area (Å²) in [7, 11) is 0. The number of ether oxygens (including phenoxy) is 1. The fraction of sp³-hybridized carbons (Fsp3) is 0.300. The van der Waals surface area contributed by atoms with E-state index in [0.717, 1.165) is 5.52 Å². The summed E-state index contributed by atoms with van der Waals surface area (Å²) < 4.78 is 7.11. The van der Waals surface area contributed by atoms with Crippen molar-refractivity contribution in [2.24, 2.45) is 0 Å². The predicted molar refractivity (Wildman–Crippen MR) is 98.4 cm³/mol.